The Hall–Kier alpha value is -2.03. The first-order valence-electron chi connectivity index (χ1n) is 7.91. The molecule has 0 bridgehead atoms. The molecule has 3 aromatic carbocycles. The van der Waals surface area contributed by atoms with E-state index in [-0.39, 0.29) is 5.41 Å². The molecule has 0 aromatic heterocycles. The molecule has 0 aliphatic heterocycles. The minimum atomic E-state index is -0.181. The minimum absolute atomic E-state index is 0.181. The van der Waals surface area contributed by atoms with Crippen molar-refractivity contribution in [2.45, 2.75) is 11.8 Å². The second-order valence-corrected chi connectivity index (χ2v) is 5.98. The first-order valence-corrected chi connectivity index (χ1v) is 8.36. The third-order valence-corrected chi connectivity index (χ3v) is 4.64. The summed E-state index contributed by atoms with van der Waals surface area (Å²) in [6.45, 7) is 0.821. The Morgan fingerprint density at radius 3 is 1.26 bits per heavy atom. The molecule has 0 saturated carbocycles. The van der Waals surface area contributed by atoms with Crippen molar-refractivity contribution in [1.82, 2.24) is 4.72 Å². The third-order valence-electron chi connectivity index (χ3n) is 4.41. The van der Waals surface area contributed by atoms with Gasteiger partial charge < -0.3 is 0 Å². The smallest absolute Gasteiger partial charge is 0.0463 e. The zero-order chi connectivity index (χ0) is 16.0. The molecule has 0 amide bonds. The van der Waals surface area contributed by atoms with Crippen molar-refractivity contribution in [3.63, 3.8) is 0 Å². The fraction of sp³-hybridized carbons (Fsp3) is 0.143. The largest absolute Gasteiger partial charge is 0.267 e. The highest BCUT2D eigenvalue weighted by Gasteiger charge is 2.35. The van der Waals surface area contributed by atoms with Crippen molar-refractivity contribution in [2.24, 2.45) is 0 Å². The number of hydrogen-bond acceptors (Lipinski definition) is 2. The van der Waals surface area contributed by atoms with Gasteiger partial charge in [0.1, 0.15) is 0 Å². The first-order chi connectivity index (χ1) is 11.4. The zero-order valence-electron chi connectivity index (χ0n) is 13.0. The topological polar surface area (TPSA) is 12.0 Å². The molecule has 3 aromatic rings. The van der Waals surface area contributed by atoms with Gasteiger partial charge in [0.15, 0.2) is 0 Å². The maximum Gasteiger partial charge on any atom is 0.0463 e. The van der Waals surface area contributed by atoms with E-state index in [9.17, 15) is 0 Å². The van der Waals surface area contributed by atoms with Crippen LogP contribution >= 0.6 is 12.8 Å². The molecule has 0 heterocycles. The van der Waals surface area contributed by atoms with E-state index >= 15 is 0 Å². The molecule has 0 saturated heterocycles. The van der Waals surface area contributed by atoms with E-state index in [1.807, 2.05) is 0 Å². The lowest BCUT2D eigenvalue weighted by Crippen LogP contribution is -2.32. The van der Waals surface area contributed by atoms with Crippen LogP contribution in [0.5, 0.6) is 0 Å². The Kier molecular flexibility index (Phi) is 5.16. The Morgan fingerprint density at radius 2 is 0.957 bits per heavy atom. The van der Waals surface area contributed by atoms with E-state index in [0.29, 0.717) is 0 Å². The highest BCUT2D eigenvalue weighted by atomic mass is 32.1. The summed E-state index contributed by atoms with van der Waals surface area (Å²) in [5.74, 6) is 0. The average Bonchev–Trinajstić information content (AvgIpc) is 2.65. The van der Waals surface area contributed by atoms with Gasteiger partial charge in [-0.25, -0.2) is 0 Å². The monoisotopic (exact) mass is 319 g/mol. The van der Waals surface area contributed by atoms with Gasteiger partial charge in [-0.05, 0) is 23.1 Å². The number of nitrogens with one attached hydrogen (secondary N) is 1. The van der Waals surface area contributed by atoms with E-state index in [0.717, 1.165) is 13.0 Å². The maximum atomic E-state index is 4.22. The van der Waals surface area contributed by atoms with E-state index in [2.05, 4.69) is 109 Å². The summed E-state index contributed by atoms with van der Waals surface area (Å²) in [6, 6.07) is 32.2. The average molecular weight is 319 g/mol. The molecule has 1 nitrogen and oxygen atoms in total. The van der Waals surface area contributed by atoms with Crippen LogP contribution in [-0.4, -0.2) is 6.54 Å². The van der Waals surface area contributed by atoms with E-state index in [1.54, 1.807) is 0 Å². The Morgan fingerprint density at radius 1 is 0.609 bits per heavy atom. The van der Waals surface area contributed by atoms with Gasteiger partial charge in [-0.3, -0.25) is 4.72 Å². The Labute approximate surface area is 143 Å². The van der Waals surface area contributed by atoms with Crippen molar-refractivity contribution in [3.8, 4) is 0 Å². The van der Waals surface area contributed by atoms with Crippen LogP contribution in [-0.2, 0) is 5.41 Å². The lowest BCUT2D eigenvalue weighted by atomic mass is 9.67. The molecule has 0 atom stereocenters. The second-order valence-electron chi connectivity index (χ2n) is 5.66. The van der Waals surface area contributed by atoms with Crippen molar-refractivity contribution in [1.29, 1.82) is 0 Å². The van der Waals surface area contributed by atoms with Gasteiger partial charge >= 0.3 is 0 Å². The van der Waals surface area contributed by atoms with Crippen molar-refractivity contribution in [3.05, 3.63) is 108 Å². The standard InChI is InChI=1S/C21H21NS/c23-22-17-16-21(18-10-4-1-5-11-18,19-12-6-2-7-13-19)20-14-8-3-9-15-20/h1-15,22-23H,16-17H2. The summed E-state index contributed by atoms with van der Waals surface area (Å²) in [7, 11) is 0. The summed E-state index contributed by atoms with van der Waals surface area (Å²) >= 11 is 4.22. The number of thiol groups is 1. The van der Waals surface area contributed by atoms with Crippen LogP contribution in [0, 0.1) is 0 Å². The van der Waals surface area contributed by atoms with Crippen LogP contribution in [0.25, 0.3) is 0 Å². The molecule has 0 fully saturated rings. The molecule has 0 aliphatic carbocycles. The Balaban J connectivity index is 2.25. The van der Waals surface area contributed by atoms with Gasteiger partial charge in [0.2, 0.25) is 0 Å². The molecule has 2 heteroatoms. The van der Waals surface area contributed by atoms with Crippen LogP contribution in [0.4, 0.5) is 0 Å². The second kappa shape index (κ2) is 7.49. The Bertz CT molecular complexity index is 614. The van der Waals surface area contributed by atoms with Crippen LogP contribution in [0.1, 0.15) is 23.1 Å². The van der Waals surface area contributed by atoms with Crippen LogP contribution < -0.4 is 4.72 Å². The van der Waals surface area contributed by atoms with Crippen molar-refractivity contribution < 1.29 is 0 Å². The molecular formula is C21H21NS. The van der Waals surface area contributed by atoms with Crippen LogP contribution in [0.2, 0.25) is 0 Å². The number of rotatable bonds is 6. The van der Waals surface area contributed by atoms with Gasteiger partial charge in [-0.1, -0.05) is 104 Å². The van der Waals surface area contributed by atoms with Crippen molar-refractivity contribution in [2.75, 3.05) is 6.54 Å². The molecule has 0 radical (unpaired) electrons. The summed E-state index contributed by atoms with van der Waals surface area (Å²) in [5, 5.41) is 0. The SMILES string of the molecule is SNCCC(c1ccccc1)(c1ccccc1)c1ccccc1. The van der Waals surface area contributed by atoms with E-state index in [1.165, 1.54) is 16.7 Å². The van der Waals surface area contributed by atoms with E-state index < -0.39 is 0 Å². The summed E-state index contributed by atoms with van der Waals surface area (Å²) in [6.07, 6.45) is 0.939. The normalized spacial score (nSPS) is 11.3. The van der Waals surface area contributed by atoms with Crippen molar-refractivity contribution >= 4 is 12.8 Å². The lowest BCUT2D eigenvalue weighted by molar-refractivity contribution is 0.559. The molecule has 0 aliphatic rings. The minimum Gasteiger partial charge on any atom is -0.267 e. The van der Waals surface area contributed by atoms with Gasteiger partial charge in [0, 0.05) is 12.0 Å². The van der Waals surface area contributed by atoms with Gasteiger partial charge in [-0.15, -0.1) is 0 Å². The zero-order valence-corrected chi connectivity index (χ0v) is 13.9. The summed E-state index contributed by atoms with van der Waals surface area (Å²) < 4.78 is 3.03. The summed E-state index contributed by atoms with van der Waals surface area (Å²) in [4.78, 5) is 0. The fourth-order valence-electron chi connectivity index (χ4n) is 3.34. The molecule has 3 rings (SSSR count). The van der Waals surface area contributed by atoms with Crippen LogP contribution in [0.15, 0.2) is 91.0 Å². The predicted octanol–water partition coefficient (Wildman–Crippen LogP) is 4.85. The highest BCUT2D eigenvalue weighted by Crippen LogP contribution is 2.41. The highest BCUT2D eigenvalue weighted by molar-refractivity contribution is 7.78. The van der Waals surface area contributed by atoms with Crippen LogP contribution in [0.3, 0.4) is 0 Å². The maximum absolute atomic E-state index is 4.22. The molecule has 1 N–H and O–H groups in total. The van der Waals surface area contributed by atoms with Gasteiger partial charge in [0.05, 0.1) is 0 Å². The quantitative estimate of drug-likeness (QED) is 0.489. The molecule has 0 unspecified atom stereocenters. The first kappa shape index (κ1) is 15.9. The number of hydrogen-bond donors (Lipinski definition) is 2. The third kappa shape index (κ3) is 3.19. The summed E-state index contributed by atoms with van der Waals surface area (Å²) in [5.41, 5.74) is 3.74. The molecule has 23 heavy (non-hydrogen) atoms. The molecule has 0 spiro atoms. The lowest BCUT2D eigenvalue weighted by Gasteiger charge is -2.36. The number of benzene rings is 3. The fourth-order valence-corrected chi connectivity index (χ4v) is 3.46. The molecule has 116 valence electrons. The molecular weight excluding hydrogens is 298 g/mol. The van der Waals surface area contributed by atoms with Gasteiger partial charge in [-0.2, -0.15) is 0 Å². The predicted molar refractivity (Wildman–Crippen MR) is 101 cm³/mol. The van der Waals surface area contributed by atoms with E-state index in [4.69, 9.17) is 0 Å². The van der Waals surface area contributed by atoms with Gasteiger partial charge in [0.25, 0.3) is 0 Å².